The van der Waals surface area contributed by atoms with Gasteiger partial charge in [0.1, 0.15) is 0 Å². The standard InChI is InChI=1S/C18H21N3S.ClH/c1-14(2)18(17-4-3-11-22-17)20-12-15-5-7-16(8-6-15)21-10-9-19-13-21;/h3-11,13-14,18,20H,12H2,1-2H3;1H. The molecule has 0 saturated carbocycles. The molecule has 0 bridgehead atoms. The number of nitrogens with zero attached hydrogens (tertiary/aromatic N) is 2. The summed E-state index contributed by atoms with van der Waals surface area (Å²) in [5.41, 5.74) is 2.44. The molecule has 0 spiro atoms. The van der Waals surface area contributed by atoms with Gasteiger partial charge < -0.3 is 9.88 Å². The number of imidazole rings is 1. The van der Waals surface area contributed by atoms with Crippen LogP contribution in [0.3, 0.4) is 0 Å². The summed E-state index contributed by atoms with van der Waals surface area (Å²) in [6.07, 6.45) is 5.57. The molecule has 0 aliphatic heterocycles. The largest absolute Gasteiger partial charge is 0.306 e. The van der Waals surface area contributed by atoms with Gasteiger partial charge >= 0.3 is 0 Å². The number of thiophene rings is 1. The van der Waals surface area contributed by atoms with E-state index in [2.05, 4.69) is 65.9 Å². The maximum Gasteiger partial charge on any atom is 0.0991 e. The Bertz CT molecular complexity index is 676. The molecule has 1 atom stereocenters. The average Bonchev–Trinajstić information content (AvgIpc) is 3.21. The third kappa shape index (κ3) is 4.44. The SMILES string of the molecule is CC(C)C(NCc1ccc(-n2ccnc2)cc1)c1cccs1.Cl. The van der Waals surface area contributed by atoms with Gasteiger partial charge in [0.05, 0.1) is 6.33 Å². The van der Waals surface area contributed by atoms with Crippen molar-refractivity contribution in [3.63, 3.8) is 0 Å². The summed E-state index contributed by atoms with van der Waals surface area (Å²) in [5, 5.41) is 5.83. The lowest BCUT2D eigenvalue weighted by atomic mass is 10.0. The van der Waals surface area contributed by atoms with E-state index in [0.29, 0.717) is 12.0 Å². The quantitative estimate of drug-likeness (QED) is 0.691. The fraction of sp³-hybridized carbons (Fsp3) is 0.278. The average molecular weight is 348 g/mol. The fourth-order valence-corrected chi connectivity index (χ4v) is 3.53. The first kappa shape index (κ1) is 17.7. The maximum atomic E-state index is 4.08. The van der Waals surface area contributed by atoms with E-state index < -0.39 is 0 Å². The van der Waals surface area contributed by atoms with Crippen molar-refractivity contribution in [1.29, 1.82) is 0 Å². The number of aromatic nitrogens is 2. The van der Waals surface area contributed by atoms with E-state index in [1.54, 1.807) is 6.20 Å². The Kier molecular flexibility index (Phi) is 6.39. The lowest BCUT2D eigenvalue weighted by Crippen LogP contribution is -2.24. The van der Waals surface area contributed by atoms with Gasteiger partial charge in [-0.2, -0.15) is 0 Å². The minimum absolute atomic E-state index is 0. The summed E-state index contributed by atoms with van der Waals surface area (Å²) < 4.78 is 2.01. The first-order chi connectivity index (χ1) is 10.7. The summed E-state index contributed by atoms with van der Waals surface area (Å²) in [7, 11) is 0. The summed E-state index contributed by atoms with van der Waals surface area (Å²) in [6, 6.07) is 13.4. The van der Waals surface area contributed by atoms with Crippen molar-refractivity contribution in [2.75, 3.05) is 0 Å². The van der Waals surface area contributed by atoms with Crippen LogP contribution < -0.4 is 5.32 Å². The third-order valence-corrected chi connectivity index (χ3v) is 4.74. The number of nitrogens with one attached hydrogen (secondary N) is 1. The molecule has 0 saturated heterocycles. The van der Waals surface area contributed by atoms with Gasteiger partial charge in [-0.05, 0) is 35.1 Å². The highest BCUT2D eigenvalue weighted by atomic mass is 35.5. The van der Waals surface area contributed by atoms with Crippen LogP contribution >= 0.6 is 23.7 Å². The minimum Gasteiger partial charge on any atom is -0.306 e. The van der Waals surface area contributed by atoms with Crippen molar-refractivity contribution in [2.24, 2.45) is 5.92 Å². The maximum absolute atomic E-state index is 4.08. The molecule has 3 nitrogen and oxygen atoms in total. The molecule has 2 heterocycles. The van der Waals surface area contributed by atoms with E-state index in [4.69, 9.17) is 0 Å². The summed E-state index contributed by atoms with van der Waals surface area (Å²) >= 11 is 1.82. The molecule has 3 aromatic rings. The molecule has 1 N–H and O–H groups in total. The third-order valence-electron chi connectivity index (χ3n) is 3.78. The summed E-state index contributed by atoms with van der Waals surface area (Å²) in [4.78, 5) is 5.49. The summed E-state index contributed by atoms with van der Waals surface area (Å²) in [5.74, 6) is 0.573. The molecule has 2 aromatic heterocycles. The lowest BCUT2D eigenvalue weighted by molar-refractivity contribution is 0.416. The van der Waals surface area contributed by atoms with Crippen LogP contribution in [0.5, 0.6) is 0 Å². The van der Waals surface area contributed by atoms with E-state index in [0.717, 1.165) is 12.2 Å². The zero-order chi connectivity index (χ0) is 15.4. The second-order valence-electron chi connectivity index (χ2n) is 5.75. The van der Waals surface area contributed by atoms with Crippen molar-refractivity contribution in [1.82, 2.24) is 14.9 Å². The van der Waals surface area contributed by atoms with Crippen LogP contribution in [0, 0.1) is 5.92 Å². The first-order valence-corrected chi connectivity index (χ1v) is 8.46. The zero-order valence-electron chi connectivity index (χ0n) is 13.3. The minimum atomic E-state index is 0. The van der Waals surface area contributed by atoms with Crippen LogP contribution in [0.25, 0.3) is 5.69 Å². The topological polar surface area (TPSA) is 29.9 Å². The van der Waals surface area contributed by atoms with Gasteiger partial charge in [0.15, 0.2) is 0 Å². The highest BCUT2D eigenvalue weighted by Crippen LogP contribution is 2.26. The summed E-state index contributed by atoms with van der Waals surface area (Å²) in [6.45, 7) is 5.41. The Labute approximate surface area is 147 Å². The smallest absolute Gasteiger partial charge is 0.0991 e. The number of hydrogen-bond donors (Lipinski definition) is 1. The second-order valence-corrected chi connectivity index (χ2v) is 6.73. The Morgan fingerprint density at radius 2 is 1.96 bits per heavy atom. The number of hydrogen-bond acceptors (Lipinski definition) is 3. The Morgan fingerprint density at radius 1 is 1.17 bits per heavy atom. The van der Waals surface area contributed by atoms with Crippen molar-refractivity contribution in [3.05, 3.63) is 70.9 Å². The zero-order valence-corrected chi connectivity index (χ0v) is 15.0. The highest BCUT2D eigenvalue weighted by Gasteiger charge is 2.15. The molecule has 0 aliphatic carbocycles. The van der Waals surface area contributed by atoms with E-state index in [9.17, 15) is 0 Å². The molecule has 0 aliphatic rings. The Hall–Kier alpha value is -1.62. The Balaban J connectivity index is 0.00000192. The second kappa shape index (κ2) is 8.29. The van der Waals surface area contributed by atoms with Gasteiger partial charge in [-0.15, -0.1) is 23.7 Å². The van der Waals surface area contributed by atoms with Crippen LogP contribution in [0.1, 0.15) is 30.3 Å². The van der Waals surface area contributed by atoms with Gasteiger partial charge in [0.25, 0.3) is 0 Å². The molecule has 0 amide bonds. The molecule has 0 fully saturated rings. The number of rotatable bonds is 6. The van der Waals surface area contributed by atoms with Gasteiger partial charge in [-0.25, -0.2) is 4.98 Å². The normalized spacial score (nSPS) is 12.1. The molecule has 1 unspecified atom stereocenters. The molecule has 23 heavy (non-hydrogen) atoms. The van der Waals surface area contributed by atoms with Gasteiger partial charge in [-0.3, -0.25) is 0 Å². The lowest BCUT2D eigenvalue weighted by Gasteiger charge is -2.21. The van der Waals surface area contributed by atoms with E-state index >= 15 is 0 Å². The molecule has 122 valence electrons. The number of halogens is 1. The van der Waals surface area contributed by atoms with Crippen LogP contribution in [-0.4, -0.2) is 9.55 Å². The van der Waals surface area contributed by atoms with Crippen LogP contribution in [0.15, 0.2) is 60.5 Å². The van der Waals surface area contributed by atoms with Crippen molar-refractivity contribution >= 4 is 23.7 Å². The van der Waals surface area contributed by atoms with Crippen LogP contribution in [0.4, 0.5) is 0 Å². The van der Waals surface area contributed by atoms with Gasteiger partial charge in [0.2, 0.25) is 0 Å². The Morgan fingerprint density at radius 3 is 2.52 bits per heavy atom. The predicted octanol–water partition coefficient (Wildman–Crippen LogP) is 4.84. The molecule has 3 rings (SSSR count). The van der Waals surface area contributed by atoms with Crippen LogP contribution in [0.2, 0.25) is 0 Å². The molecular formula is C18H22ClN3S. The highest BCUT2D eigenvalue weighted by molar-refractivity contribution is 7.10. The van der Waals surface area contributed by atoms with E-state index in [1.165, 1.54) is 10.4 Å². The van der Waals surface area contributed by atoms with Crippen LogP contribution in [-0.2, 0) is 6.54 Å². The van der Waals surface area contributed by atoms with E-state index in [-0.39, 0.29) is 12.4 Å². The van der Waals surface area contributed by atoms with Gasteiger partial charge in [-0.1, -0.05) is 32.0 Å². The van der Waals surface area contributed by atoms with E-state index in [1.807, 2.05) is 28.4 Å². The van der Waals surface area contributed by atoms with Crippen molar-refractivity contribution in [3.8, 4) is 5.69 Å². The molecular weight excluding hydrogens is 326 g/mol. The molecule has 0 radical (unpaired) electrons. The van der Waals surface area contributed by atoms with Crippen molar-refractivity contribution < 1.29 is 0 Å². The van der Waals surface area contributed by atoms with Crippen molar-refractivity contribution in [2.45, 2.75) is 26.4 Å². The number of benzene rings is 1. The fourth-order valence-electron chi connectivity index (χ4n) is 2.56. The first-order valence-electron chi connectivity index (χ1n) is 7.58. The van der Waals surface area contributed by atoms with Gasteiger partial charge in [0, 0.05) is 35.5 Å². The monoisotopic (exact) mass is 347 g/mol. The predicted molar refractivity (Wildman–Crippen MR) is 99.5 cm³/mol. The molecule has 1 aromatic carbocycles. The molecule has 5 heteroatoms.